The first kappa shape index (κ1) is 30.5. The first-order chi connectivity index (χ1) is 19.4. The number of ether oxygens (including phenoxy) is 2. The van der Waals surface area contributed by atoms with Crippen molar-refractivity contribution in [2.24, 2.45) is 10.2 Å². The van der Waals surface area contributed by atoms with Gasteiger partial charge in [0.25, 0.3) is 0 Å². The summed E-state index contributed by atoms with van der Waals surface area (Å²) >= 11 is 2.33. The summed E-state index contributed by atoms with van der Waals surface area (Å²) in [5.41, 5.74) is 15.9. The molecule has 0 saturated carbocycles. The Hall–Kier alpha value is -3.43. The molecule has 19 nitrogen and oxygen atoms in total. The van der Waals surface area contributed by atoms with Crippen LogP contribution >= 0.6 is 6.29 Å². The van der Waals surface area contributed by atoms with Gasteiger partial charge in [-0.3, -0.25) is 0 Å². The number of azide groups is 2. The van der Waals surface area contributed by atoms with Crippen LogP contribution < -0.4 is 22.5 Å². The summed E-state index contributed by atoms with van der Waals surface area (Å²) in [6.45, 7) is 2.31. The van der Waals surface area contributed by atoms with Gasteiger partial charge in [-0.15, -0.1) is 0 Å². The summed E-state index contributed by atoms with van der Waals surface area (Å²) < 4.78 is 37.9. The topological polar surface area (TPSA) is 261 Å². The third kappa shape index (κ3) is 7.08. The van der Waals surface area contributed by atoms with Gasteiger partial charge in [0.2, 0.25) is 0 Å². The maximum absolute atomic E-state index is 13.0. The second kappa shape index (κ2) is 12.6. The molecule has 2 saturated heterocycles. The van der Waals surface area contributed by atoms with Crippen molar-refractivity contribution < 1.29 is 23.1 Å². The van der Waals surface area contributed by atoms with Gasteiger partial charge in [0.05, 0.1) is 0 Å². The molecule has 6 atom stereocenters. The summed E-state index contributed by atoms with van der Waals surface area (Å²) in [4.78, 5) is 57.8. The molecular formula is C20H24N10O9PSe-. The van der Waals surface area contributed by atoms with E-state index < -0.39 is 65.5 Å². The third-order valence-corrected chi connectivity index (χ3v) is 8.77. The molecule has 2 N–H and O–H groups in total. The van der Waals surface area contributed by atoms with E-state index in [0.29, 0.717) is 0 Å². The van der Waals surface area contributed by atoms with E-state index in [1.54, 1.807) is 0 Å². The van der Waals surface area contributed by atoms with Crippen molar-refractivity contribution in [1.29, 1.82) is 0 Å². The average molecular weight is 658 g/mol. The van der Waals surface area contributed by atoms with E-state index >= 15 is 0 Å². The van der Waals surface area contributed by atoms with Gasteiger partial charge in [-0.05, 0) is 0 Å². The molecule has 2 aromatic rings. The quantitative estimate of drug-likeness (QED) is 0.121. The fraction of sp³-hybridized carbons (Fsp3) is 0.600. The van der Waals surface area contributed by atoms with Crippen LogP contribution in [0, 0.1) is 13.8 Å². The Kier molecular flexibility index (Phi) is 9.39. The molecule has 0 aliphatic carbocycles. The second-order valence-electron chi connectivity index (χ2n) is 9.27. The molecule has 2 fully saturated rings. The molecule has 0 unspecified atom stereocenters. The van der Waals surface area contributed by atoms with Crippen LogP contribution in [0.2, 0.25) is 0 Å². The van der Waals surface area contributed by atoms with Crippen LogP contribution in [-0.4, -0.2) is 72.2 Å². The Morgan fingerprint density at radius 1 is 0.902 bits per heavy atom. The monoisotopic (exact) mass is 659 g/mol. The van der Waals surface area contributed by atoms with E-state index in [4.69, 9.17) is 29.6 Å². The van der Waals surface area contributed by atoms with Crippen LogP contribution in [0.3, 0.4) is 0 Å². The minimum atomic E-state index is -3.91. The normalized spacial score (nSPS) is 27.1. The van der Waals surface area contributed by atoms with Crippen LogP contribution in [0.25, 0.3) is 20.9 Å². The van der Waals surface area contributed by atoms with Gasteiger partial charge in [0.15, 0.2) is 0 Å². The zero-order valence-electron chi connectivity index (χ0n) is 21.6. The van der Waals surface area contributed by atoms with Crippen LogP contribution in [0.5, 0.6) is 0 Å². The summed E-state index contributed by atoms with van der Waals surface area (Å²) in [6.07, 6.45) is -4.72. The van der Waals surface area contributed by atoms with Gasteiger partial charge < -0.3 is 0 Å². The zero-order chi connectivity index (χ0) is 29.9. The Labute approximate surface area is 237 Å². The number of nitrogens with zero attached hydrogens (tertiary/aromatic N) is 8. The molecule has 4 heterocycles. The predicted octanol–water partition coefficient (Wildman–Crippen LogP) is 0.946. The maximum atomic E-state index is 13.0. The summed E-state index contributed by atoms with van der Waals surface area (Å²) in [5, 5.41) is 7.35. The van der Waals surface area contributed by atoms with Crippen LogP contribution in [0.1, 0.15) is 36.4 Å². The van der Waals surface area contributed by atoms with Crippen molar-refractivity contribution in [3.8, 4) is 0 Å². The number of aromatic amines is 2. The number of hydrogen-bond donors (Lipinski definition) is 2. The Morgan fingerprint density at radius 2 is 1.29 bits per heavy atom. The number of nitrogens with one attached hydrogen (secondary N) is 2. The van der Waals surface area contributed by atoms with Crippen molar-refractivity contribution in [2.75, 3.05) is 13.2 Å². The molecule has 0 radical (unpaired) electrons. The summed E-state index contributed by atoms with van der Waals surface area (Å²) in [7, 11) is 0. The van der Waals surface area contributed by atoms with Crippen molar-refractivity contribution in [2.45, 2.75) is 63.4 Å². The Morgan fingerprint density at radius 3 is 1.66 bits per heavy atom. The molecule has 0 spiro atoms. The van der Waals surface area contributed by atoms with Crippen LogP contribution in [0.4, 0.5) is 0 Å². The van der Waals surface area contributed by atoms with E-state index in [1.807, 2.05) is 0 Å². The van der Waals surface area contributed by atoms with Gasteiger partial charge in [-0.2, -0.15) is 0 Å². The number of H-pyrrole nitrogens is 2. The Balaban J connectivity index is 1.40. The second-order valence-corrected chi connectivity index (χ2v) is 13.5. The fourth-order valence-corrected chi connectivity index (χ4v) is 5.91. The molecular weight excluding hydrogens is 634 g/mol. The molecule has 41 heavy (non-hydrogen) atoms. The molecule has 4 rings (SSSR count). The zero-order valence-corrected chi connectivity index (χ0v) is 24.2. The van der Waals surface area contributed by atoms with Crippen molar-refractivity contribution >= 4 is 21.9 Å². The fourth-order valence-electron chi connectivity index (χ4n) is 4.41. The van der Waals surface area contributed by atoms with E-state index in [2.05, 4.69) is 45.6 Å². The van der Waals surface area contributed by atoms with Crippen molar-refractivity contribution in [3.05, 3.63) is 86.1 Å². The third-order valence-electron chi connectivity index (χ3n) is 6.51. The first-order valence-corrected chi connectivity index (χ1v) is 15.8. The Bertz CT molecular complexity index is 1570. The van der Waals surface area contributed by atoms with Gasteiger partial charge in [-0.1, -0.05) is 0 Å². The van der Waals surface area contributed by atoms with E-state index in [1.165, 1.54) is 26.2 Å². The van der Waals surface area contributed by atoms with E-state index in [-0.39, 0.29) is 37.2 Å². The molecule has 0 aromatic carbocycles. The van der Waals surface area contributed by atoms with Crippen molar-refractivity contribution in [1.82, 2.24) is 19.1 Å². The summed E-state index contributed by atoms with van der Waals surface area (Å²) in [5.74, 6) is 0. The standard InChI is InChI=1S/C20H25N10O9PSe/c1-9-5-29(19(33)23-17(9)31)15-3-11(25-27-21)13(38-15)7-36-40(35,41)37-8-14-12(26-28-22)4-16(39-14)30-6-10(2)18(32)24-20(30)34/h5-6,11-16H,3-4,7-8H2,1-2H3,(H,35,41)(H,23,31,33)(H,24,32,34)/p-1/t11-,12-,13+,14+,15+,16+/m0/s1. The van der Waals surface area contributed by atoms with Crippen molar-refractivity contribution in [3.63, 3.8) is 0 Å². The predicted molar refractivity (Wildman–Crippen MR) is 140 cm³/mol. The SMILES string of the molecule is Cc1cn([C@H]2C[C@H](N=[N+]=[N-])[C@@H](COP(=O)([Se-])OC[C@H]3O[C@@H](n4cc(C)c(=O)[nH]c4=O)C[C@@H]3N=[N+]=[N-])O2)c(=O)[nH]c1=O. The van der Waals surface area contributed by atoms with Gasteiger partial charge >= 0.3 is 237 Å². The van der Waals surface area contributed by atoms with Gasteiger partial charge in [0, 0.05) is 0 Å². The van der Waals surface area contributed by atoms with Crippen LogP contribution in [0.15, 0.2) is 41.8 Å². The van der Waals surface area contributed by atoms with E-state index in [9.17, 15) is 23.7 Å². The number of aromatic nitrogens is 4. The molecule has 21 heteroatoms. The number of hydrogen-bond acceptors (Lipinski definition) is 11. The minimum absolute atomic E-state index is 0.0802. The average Bonchev–Trinajstić information content (AvgIpc) is 3.50. The molecule has 2 aliphatic heterocycles. The molecule has 0 amide bonds. The van der Waals surface area contributed by atoms with E-state index in [0.717, 1.165) is 9.13 Å². The number of rotatable bonds is 10. The molecule has 220 valence electrons. The summed E-state index contributed by atoms with van der Waals surface area (Å²) in [6, 6.07) is -1.59. The van der Waals surface area contributed by atoms with Gasteiger partial charge in [-0.25, -0.2) is 0 Å². The van der Waals surface area contributed by atoms with Crippen LogP contribution in [-0.2, 0) is 23.1 Å². The van der Waals surface area contributed by atoms with Gasteiger partial charge in [0.1, 0.15) is 0 Å². The molecule has 0 bridgehead atoms. The number of aryl methyl sites for hydroxylation is 2. The molecule has 2 aromatic heterocycles. The first-order valence-electron chi connectivity index (χ1n) is 12.1. The molecule has 2 aliphatic rings.